The summed E-state index contributed by atoms with van der Waals surface area (Å²) in [4.78, 5) is 8.94. The summed E-state index contributed by atoms with van der Waals surface area (Å²) in [6.07, 6.45) is 8.52. The second-order valence-electron chi connectivity index (χ2n) is 8.23. The predicted molar refractivity (Wildman–Crippen MR) is 116 cm³/mol. The zero-order valence-corrected chi connectivity index (χ0v) is 18.0. The lowest BCUT2D eigenvalue weighted by Gasteiger charge is -2.23. The molecule has 1 atom stereocenters. The van der Waals surface area contributed by atoms with Crippen molar-refractivity contribution in [2.75, 3.05) is 39.8 Å². The Hall–Kier alpha value is -1.89. The molecule has 1 aliphatic rings. The predicted octanol–water partition coefficient (Wildman–Crippen LogP) is 2.94. The van der Waals surface area contributed by atoms with Gasteiger partial charge in [-0.05, 0) is 57.6 Å². The van der Waals surface area contributed by atoms with E-state index in [1.807, 2.05) is 31.5 Å². The molecular weight excluding hydrogens is 364 g/mol. The van der Waals surface area contributed by atoms with Crippen LogP contribution in [0.1, 0.15) is 37.1 Å². The number of aryl methyl sites for hydroxylation is 1. The van der Waals surface area contributed by atoms with Crippen LogP contribution in [0.5, 0.6) is 5.75 Å². The number of nitrogens with zero attached hydrogens (tertiary/aromatic N) is 4. The topological polar surface area (TPSA) is 53.8 Å². The van der Waals surface area contributed by atoms with Gasteiger partial charge in [-0.3, -0.25) is 0 Å². The molecule has 0 radical (unpaired) electrons. The van der Waals surface area contributed by atoms with Crippen LogP contribution in [-0.4, -0.2) is 70.4 Å². The first-order valence-corrected chi connectivity index (χ1v) is 10.9. The number of likely N-dealkylation sites (N-methyl/N-ethyl adjacent to an activating group) is 1. The molecule has 1 saturated heterocycles. The number of rotatable bonds is 10. The third kappa shape index (κ3) is 7.46. The van der Waals surface area contributed by atoms with Crippen LogP contribution in [-0.2, 0) is 13.1 Å². The minimum Gasteiger partial charge on any atom is -0.491 e. The van der Waals surface area contributed by atoms with Gasteiger partial charge in [0.2, 0.25) is 0 Å². The van der Waals surface area contributed by atoms with Gasteiger partial charge < -0.3 is 24.2 Å². The van der Waals surface area contributed by atoms with Crippen molar-refractivity contribution in [2.24, 2.45) is 0 Å². The lowest BCUT2D eigenvalue weighted by atomic mass is 10.2. The molecule has 3 rings (SSSR count). The van der Waals surface area contributed by atoms with Crippen LogP contribution in [0.3, 0.4) is 0 Å². The molecule has 0 amide bonds. The molecule has 1 aromatic carbocycles. The fraction of sp³-hybridized carbons (Fsp3) is 0.609. The number of hydrogen-bond acceptors (Lipinski definition) is 5. The van der Waals surface area contributed by atoms with Crippen molar-refractivity contribution in [1.82, 2.24) is 19.4 Å². The first-order valence-electron chi connectivity index (χ1n) is 10.9. The number of aromatic nitrogens is 2. The van der Waals surface area contributed by atoms with Gasteiger partial charge in [0.05, 0.1) is 0 Å². The Labute approximate surface area is 175 Å². The second-order valence-corrected chi connectivity index (χ2v) is 8.23. The minimum atomic E-state index is -0.446. The molecule has 1 aromatic heterocycles. The van der Waals surface area contributed by atoms with Crippen molar-refractivity contribution in [2.45, 2.75) is 51.8 Å². The molecule has 1 aliphatic heterocycles. The maximum absolute atomic E-state index is 10.4. The van der Waals surface area contributed by atoms with Crippen LogP contribution in [0, 0.1) is 6.92 Å². The number of benzene rings is 1. The van der Waals surface area contributed by atoms with E-state index in [0.29, 0.717) is 13.2 Å². The smallest absolute Gasteiger partial charge is 0.119 e. The standard InChI is InChI=1S/C23H36N4O2/c1-20-24-10-13-27(20)15-14-25(2)17-21-8-7-9-23(16-21)29-19-22(28)18-26-11-5-3-4-6-12-26/h7-10,13,16,22,28H,3-6,11-12,14-15,17-19H2,1-2H3. The van der Waals surface area contributed by atoms with Crippen LogP contribution >= 0.6 is 0 Å². The van der Waals surface area contributed by atoms with Crippen molar-refractivity contribution < 1.29 is 9.84 Å². The number of aliphatic hydroxyl groups excluding tert-OH is 1. The molecule has 1 N–H and O–H groups in total. The number of imidazole rings is 1. The summed E-state index contributed by atoms with van der Waals surface area (Å²) in [5, 5.41) is 10.4. The SMILES string of the molecule is Cc1nccn1CCN(C)Cc1cccc(OCC(O)CN2CCCCCC2)c1. The summed E-state index contributed by atoms with van der Waals surface area (Å²) in [6.45, 7) is 8.02. The summed E-state index contributed by atoms with van der Waals surface area (Å²) in [5.74, 6) is 1.88. The van der Waals surface area contributed by atoms with E-state index >= 15 is 0 Å². The molecule has 6 heteroatoms. The van der Waals surface area contributed by atoms with Gasteiger partial charge in [0.1, 0.15) is 24.3 Å². The number of hydrogen-bond donors (Lipinski definition) is 1. The number of β-amino-alcohol motifs (C(OH)–C–C–N with tert-alkyl or cyclic N) is 1. The Balaban J connectivity index is 1.41. The summed E-state index contributed by atoms with van der Waals surface area (Å²) in [6, 6.07) is 8.20. The van der Waals surface area contributed by atoms with Crippen molar-refractivity contribution in [1.29, 1.82) is 0 Å². The van der Waals surface area contributed by atoms with Gasteiger partial charge in [-0.15, -0.1) is 0 Å². The van der Waals surface area contributed by atoms with Gasteiger partial charge in [-0.25, -0.2) is 4.98 Å². The average Bonchev–Trinajstić information content (AvgIpc) is 2.95. The molecule has 1 unspecified atom stereocenters. The quantitative estimate of drug-likeness (QED) is 0.665. The third-order valence-electron chi connectivity index (χ3n) is 5.61. The highest BCUT2D eigenvalue weighted by atomic mass is 16.5. The minimum absolute atomic E-state index is 0.343. The van der Waals surface area contributed by atoms with Gasteiger partial charge >= 0.3 is 0 Å². The maximum Gasteiger partial charge on any atom is 0.119 e. The van der Waals surface area contributed by atoms with Crippen LogP contribution in [0.15, 0.2) is 36.7 Å². The molecule has 0 bridgehead atoms. The maximum atomic E-state index is 10.4. The number of likely N-dealkylation sites (tertiary alicyclic amines) is 1. The largest absolute Gasteiger partial charge is 0.491 e. The number of aliphatic hydroxyl groups is 1. The fourth-order valence-corrected chi connectivity index (χ4v) is 3.90. The molecule has 29 heavy (non-hydrogen) atoms. The molecular formula is C23H36N4O2. The van der Waals surface area contributed by atoms with E-state index < -0.39 is 6.10 Å². The van der Waals surface area contributed by atoms with Crippen molar-refractivity contribution in [3.05, 3.63) is 48.0 Å². The molecule has 6 nitrogen and oxygen atoms in total. The van der Waals surface area contributed by atoms with Gasteiger partial charge in [0.25, 0.3) is 0 Å². The Kier molecular flexibility index (Phi) is 8.52. The highest BCUT2D eigenvalue weighted by molar-refractivity contribution is 5.28. The normalized spacial score (nSPS) is 16.7. The molecule has 0 spiro atoms. The Morgan fingerprint density at radius 1 is 1.21 bits per heavy atom. The third-order valence-corrected chi connectivity index (χ3v) is 5.61. The highest BCUT2D eigenvalue weighted by Gasteiger charge is 2.14. The van der Waals surface area contributed by atoms with Gasteiger partial charge in [-0.1, -0.05) is 25.0 Å². The van der Waals surface area contributed by atoms with E-state index in [1.165, 1.54) is 31.2 Å². The Morgan fingerprint density at radius 2 is 2.00 bits per heavy atom. The number of ether oxygens (including phenoxy) is 1. The summed E-state index contributed by atoms with van der Waals surface area (Å²) in [5.41, 5.74) is 1.22. The van der Waals surface area contributed by atoms with E-state index in [0.717, 1.165) is 44.3 Å². The van der Waals surface area contributed by atoms with Crippen molar-refractivity contribution in [3.8, 4) is 5.75 Å². The Morgan fingerprint density at radius 3 is 2.72 bits per heavy atom. The fourth-order valence-electron chi connectivity index (χ4n) is 3.90. The van der Waals surface area contributed by atoms with Crippen molar-refractivity contribution >= 4 is 0 Å². The van der Waals surface area contributed by atoms with Crippen LogP contribution in [0.2, 0.25) is 0 Å². The van der Waals surface area contributed by atoms with Crippen LogP contribution < -0.4 is 4.74 Å². The van der Waals surface area contributed by atoms with E-state index in [1.54, 1.807) is 0 Å². The van der Waals surface area contributed by atoms with E-state index in [-0.39, 0.29) is 0 Å². The molecule has 2 aromatic rings. The Bertz CT molecular complexity index is 725. The van der Waals surface area contributed by atoms with E-state index in [9.17, 15) is 5.11 Å². The van der Waals surface area contributed by atoms with Gasteiger partial charge in [-0.2, -0.15) is 0 Å². The second kappa shape index (κ2) is 11.3. The van der Waals surface area contributed by atoms with E-state index in [4.69, 9.17) is 4.74 Å². The zero-order chi connectivity index (χ0) is 20.5. The van der Waals surface area contributed by atoms with Crippen LogP contribution in [0.4, 0.5) is 0 Å². The lowest BCUT2D eigenvalue weighted by Crippen LogP contribution is -2.36. The average molecular weight is 401 g/mol. The van der Waals surface area contributed by atoms with Gasteiger partial charge in [0.15, 0.2) is 0 Å². The molecule has 0 saturated carbocycles. The first-order chi connectivity index (χ1) is 14.1. The molecule has 0 aliphatic carbocycles. The van der Waals surface area contributed by atoms with Crippen molar-refractivity contribution in [3.63, 3.8) is 0 Å². The first kappa shape index (κ1) is 21.8. The van der Waals surface area contributed by atoms with E-state index in [2.05, 4.69) is 38.5 Å². The lowest BCUT2D eigenvalue weighted by molar-refractivity contribution is 0.0693. The van der Waals surface area contributed by atoms with Crippen LogP contribution in [0.25, 0.3) is 0 Å². The summed E-state index contributed by atoms with van der Waals surface area (Å²) < 4.78 is 8.06. The summed E-state index contributed by atoms with van der Waals surface area (Å²) in [7, 11) is 2.13. The monoisotopic (exact) mass is 400 g/mol. The molecule has 2 heterocycles. The van der Waals surface area contributed by atoms with Gasteiger partial charge in [0, 0.05) is 38.6 Å². The molecule has 1 fully saturated rings. The highest BCUT2D eigenvalue weighted by Crippen LogP contribution is 2.16. The summed E-state index contributed by atoms with van der Waals surface area (Å²) >= 11 is 0. The zero-order valence-electron chi connectivity index (χ0n) is 18.0. The molecule has 160 valence electrons.